The molecular formula is C12H10N2O2. The second kappa shape index (κ2) is 4.07. The highest BCUT2D eigenvalue weighted by Gasteiger charge is 2.28. The largest absolute Gasteiger partial charge is 0.452 e. The van der Waals surface area contributed by atoms with Gasteiger partial charge in [0, 0.05) is 6.20 Å². The molecule has 0 saturated heterocycles. The molecule has 4 nitrogen and oxygen atoms in total. The zero-order valence-electron chi connectivity index (χ0n) is 8.75. The molecule has 1 amide bonds. The van der Waals surface area contributed by atoms with Crippen molar-refractivity contribution in [1.29, 1.82) is 5.26 Å². The van der Waals surface area contributed by atoms with E-state index in [4.69, 9.17) is 5.26 Å². The van der Waals surface area contributed by atoms with Crippen LogP contribution in [0.25, 0.3) is 6.08 Å². The lowest BCUT2D eigenvalue weighted by Crippen LogP contribution is -2.31. The quantitative estimate of drug-likeness (QED) is 0.665. The highest BCUT2D eigenvalue weighted by Crippen LogP contribution is 2.29. The van der Waals surface area contributed by atoms with Gasteiger partial charge in [0.2, 0.25) is 0 Å². The lowest BCUT2D eigenvalue weighted by molar-refractivity contribution is 0.133. The van der Waals surface area contributed by atoms with E-state index in [1.807, 2.05) is 24.3 Å². The molecular weight excluding hydrogens is 204 g/mol. The first-order chi connectivity index (χ1) is 7.77. The molecule has 2 rings (SSSR count). The van der Waals surface area contributed by atoms with Gasteiger partial charge in [-0.1, -0.05) is 24.3 Å². The molecule has 1 aliphatic heterocycles. The van der Waals surface area contributed by atoms with Gasteiger partial charge in [-0.2, -0.15) is 5.26 Å². The molecule has 0 bridgehead atoms. The van der Waals surface area contributed by atoms with E-state index >= 15 is 0 Å². The van der Waals surface area contributed by atoms with Crippen LogP contribution in [-0.2, 0) is 4.74 Å². The van der Waals surface area contributed by atoms with Crippen LogP contribution < -0.4 is 0 Å². The lowest BCUT2D eigenvalue weighted by Gasteiger charge is -2.27. The van der Waals surface area contributed by atoms with Crippen molar-refractivity contribution in [1.82, 2.24) is 4.90 Å². The van der Waals surface area contributed by atoms with Gasteiger partial charge in [0.1, 0.15) is 0 Å². The number of carbonyl (C=O) groups is 1. The summed E-state index contributed by atoms with van der Waals surface area (Å²) in [7, 11) is 1.30. The molecule has 1 aromatic rings. The molecule has 0 aromatic heterocycles. The maximum atomic E-state index is 11.4. The summed E-state index contributed by atoms with van der Waals surface area (Å²) in [5.74, 6) is 0. The smallest absolute Gasteiger partial charge is 0.414 e. The maximum absolute atomic E-state index is 11.4. The number of hydrogen-bond donors (Lipinski definition) is 0. The Bertz CT molecular complexity index is 488. The van der Waals surface area contributed by atoms with Gasteiger partial charge in [0.15, 0.2) is 6.04 Å². The Hall–Kier alpha value is -2.28. The van der Waals surface area contributed by atoms with Gasteiger partial charge in [-0.05, 0) is 17.2 Å². The summed E-state index contributed by atoms with van der Waals surface area (Å²) >= 11 is 0. The molecule has 1 heterocycles. The monoisotopic (exact) mass is 214 g/mol. The minimum absolute atomic E-state index is 0.530. The summed E-state index contributed by atoms with van der Waals surface area (Å²) in [6, 6.07) is 8.97. The lowest BCUT2D eigenvalue weighted by atomic mass is 9.97. The summed E-state index contributed by atoms with van der Waals surface area (Å²) in [4.78, 5) is 12.7. The first-order valence-corrected chi connectivity index (χ1v) is 4.81. The molecule has 4 heteroatoms. The molecule has 0 saturated carbocycles. The van der Waals surface area contributed by atoms with Crippen LogP contribution >= 0.6 is 0 Å². The summed E-state index contributed by atoms with van der Waals surface area (Å²) in [6.07, 6.45) is 2.83. The van der Waals surface area contributed by atoms with Gasteiger partial charge < -0.3 is 4.74 Å². The third kappa shape index (κ3) is 1.52. The minimum atomic E-state index is -0.617. The number of rotatable bonds is 0. The number of nitrogens with zero attached hydrogens (tertiary/aromatic N) is 2. The summed E-state index contributed by atoms with van der Waals surface area (Å²) in [5, 5.41) is 9.12. The minimum Gasteiger partial charge on any atom is -0.452 e. The summed E-state index contributed by atoms with van der Waals surface area (Å²) in [5.41, 5.74) is 1.77. The zero-order chi connectivity index (χ0) is 11.5. The van der Waals surface area contributed by atoms with Gasteiger partial charge in [-0.15, -0.1) is 0 Å². The molecule has 0 fully saturated rings. The third-order valence-corrected chi connectivity index (χ3v) is 2.49. The van der Waals surface area contributed by atoms with Crippen LogP contribution in [0.2, 0.25) is 0 Å². The van der Waals surface area contributed by atoms with Crippen LogP contribution in [0.5, 0.6) is 0 Å². The Morgan fingerprint density at radius 1 is 1.50 bits per heavy atom. The topological polar surface area (TPSA) is 53.3 Å². The third-order valence-electron chi connectivity index (χ3n) is 2.49. The van der Waals surface area contributed by atoms with Crippen LogP contribution in [0.1, 0.15) is 17.2 Å². The van der Waals surface area contributed by atoms with Crippen molar-refractivity contribution in [2.45, 2.75) is 6.04 Å². The van der Waals surface area contributed by atoms with Gasteiger partial charge in [-0.25, -0.2) is 4.79 Å². The standard InChI is InChI=1S/C12H10N2O2/c1-16-12(15)14-7-6-9-4-2-3-5-10(9)11(14)8-13/h2-7,11H,1H3/t11-/m0/s1. The fraction of sp³-hybridized carbons (Fsp3) is 0.167. The van der Waals surface area contributed by atoms with E-state index in [-0.39, 0.29) is 0 Å². The van der Waals surface area contributed by atoms with Gasteiger partial charge in [-0.3, -0.25) is 4.90 Å². The average molecular weight is 214 g/mol. The second-order valence-corrected chi connectivity index (χ2v) is 3.35. The molecule has 0 spiro atoms. The first kappa shape index (κ1) is 10.2. The number of carbonyl (C=O) groups excluding carboxylic acids is 1. The normalized spacial score (nSPS) is 17.5. The second-order valence-electron chi connectivity index (χ2n) is 3.35. The van der Waals surface area contributed by atoms with E-state index in [9.17, 15) is 4.79 Å². The Kier molecular flexibility index (Phi) is 2.61. The van der Waals surface area contributed by atoms with Crippen molar-refractivity contribution in [2.24, 2.45) is 0 Å². The van der Waals surface area contributed by atoms with E-state index in [2.05, 4.69) is 10.8 Å². The highest BCUT2D eigenvalue weighted by atomic mass is 16.5. The van der Waals surface area contributed by atoms with Crippen molar-refractivity contribution >= 4 is 12.2 Å². The number of methoxy groups -OCH3 is 1. The molecule has 1 aromatic carbocycles. The van der Waals surface area contributed by atoms with Gasteiger partial charge >= 0.3 is 6.09 Å². The van der Waals surface area contributed by atoms with Crippen molar-refractivity contribution in [3.05, 3.63) is 41.6 Å². The van der Waals surface area contributed by atoms with E-state index in [1.54, 1.807) is 12.3 Å². The summed E-state index contributed by atoms with van der Waals surface area (Å²) in [6.45, 7) is 0. The van der Waals surface area contributed by atoms with Crippen LogP contribution in [-0.4, -0.2) is 18.1 Å². The predicted molar refractivity (Wildman–Crippen MR) is 58.1 cm³/mol. The Morgan fingerprint density at radius 2 is 2.25 bits per heavy atom. The fourth-order valence-electron chi connectivity index (χ4n) is 1.71. The Balaban J connectivity index is 2.45. The highest BCUT2D eigenvalue weighted by molar-refractivity contribution is 5.74. The number of ether oxygens (including phenoxy) is 1. The molecule has 80 valence electrons. The zero-order valence-corrected chi connectivity index (χ0v) is 8.75. The van der Waals surface area contributed by atoms with E-state index in [0.29, 0.717) is 0 Å². The number of hydrogen-bond acceptors (Lipinski definition) is 3. The molecule has 16 heavy (non-hydrogen) atoms. The SMILES string of the molecule is COC(=O)N1C=Cc2ccccc2[C@@H]1C#N. The molecule has 1 aliphatic rings. The van der Waals surface area contributed by atoms with Gasteiger partial charge in [0.05, 0.1) is 13.2 Å². The van der Waals surface area contributed by atoms with E-state index in [1.165, 1.54) is 12.0 Å². The molecule has 0 unspecified atom stereocenters. The predicted octanol–water partition coefficient (Wildman–Crippen LogP) is 2.30. The van der Waals surface area contributed by atoms with Crippen molar-refractivity contribution in [2.75, 3.05) is 7.11 Å². The van der Waals surface area contributed by atoms with Gasteiger partial charge in [0.25, 0.3) is 0 Å². The number of amides is 1. The van der Waals surface area contributed by atoms with Crippen LogP contribution in [0, 0.1) is 11.3 Å². The first-order valence-electron chi connectivity index (χ1n) is 4.81. The van der Waals surface area contributed by atoms with Crippen molar-refractivity contribution in [3.8, 4) is 6.07 Å². The number of benzene rings is 1. The van der Waals surface area contributed by atoms with E-state index in [0.717, 1.165) is 11.1 Å². The number of nitriles is 1. The summed E-state index contributed by atoms with van der Waals surface area (Å²) < 4.78 is 4.62. The number of fused-ring (bicyclic) bond motifs is 1. The van der Waals surface area contributed by atoms with Crippen LogP contribution in [0.15, 0.2) is 30.5 Å². The molecule has 0 radical (unpaired) electrons. The van der Waals surface area contributed by atoms with Crippen LogP contribution in [0.3, 0.4) is 0 Å². The molecule has 0 N–H and O–H groups in total. The van der Waals surface area contributed by atoms with Crippen LogP contribution in [0.4, 0.5) is 4.79 Å². The Morgan fingerprint density at radius 3 is 2.94 bits per heavy atom. The van der Waals surface area contributed by atoms with Crippen molar-refractivity contribution < 1.29 is 9.53 Å². The molecule has 0 aliphatic carbocycles. The van der Waals surface area contributed by atoms with E-state index < -0.39 is 12.1 Å². The average Bonchev–Trinajstić information content (AvgIpc) is 2.36. The van der Waals surface area contributed by atoms with Crippen molar-refractivity contribution in [3.63, 3.8) is 0 Å². The maximum Gasteiger partial charge on any atom is 0.414 e. The molecule has 1 atom stereocenters. The fourth-order valence-corrected chi connectivity index (χ4v) is 1.71. The Labute approximate surface area is 93.4 Å².